The summed E-state index contributed by atoms with van der Waals surface area (Å²) in [4.78, 5) is 26.0. The summed E-state index contributed by atoms with van der Waals surface area (Å²) in [6.07, 6.45) is 0.259. The Labute approximate surface area is 201 Å². The molecule has 1 aliphatic heterocycles. The Hall–Kier alpha value is -2.65. The van der Waals surface area contributed by atoms with Gasteiger partial charge < -0.3 is 15.8 Å². The summed E-state index contributed by atoms with van der Waals surface area (Å²) < 4.78 is 47.9. The summed E-state index contributed by atoms with van der Waals surface area (Å²) >= 11 is 0. The zero-order valence-corrected chi connectivity index (χ0v) is 19.9. The quantitative estimate of drug-likeness (QED) is 0.570. The molecular weight excluding hydrogens is 465 g/mol. The zero-order valence-electron chi connectivity index (χ0n) is 19.9. The molecule has 1 aromatic heterocycles. The number of amides is 2. The molecule has 2 amide bonds. The number of carbonyl (C=O) groups is 2. The van der Waals surface area contributed by atoms with Crippen LogP contribution in [-0.2, 0) is 15.1 Å². The smallest absolute Gasteiger partial charge is 0.365 e. The maximum atomic E-state index is 13.7. The molecule has 12 heteroatoms. The molecule has 192 valence electrons. The van der Waals surface area contributed by atoms with Crippen LogP contribution in [-0.4, -0.2) is 63.5 Å². The van der Waals surface area contributed by atoms with Crippen molar-refractivity contribution in [1.82, 2.24) is 14.7 Å². The lowest BCUT2D eigenvalue weighted by atomic mass is 9.75. The van der Waals surface area contributed by atoms with Crippen LogP contribution in [0.2, 0.25) is 0 Å². The number of hydrogen-bond acceptors (Lipinski definition) is 6. The van der Waals surface area contributed by atoms with Gasteiger partial charge in [0, 0.05) is 31.2 Å². The number of carbonyl (C=O) groups excluding carboxylic acids is 2. The van der Waals surface area contributed by atoms with E-state index in [1.807, 2.05) is 0 Å². The SMILES string of the molecule is CC(C)OC1(C(F)(F)F)CN(C2CCC(CC#N)(n3cc(C(N)=O)c(NC(=O)C4CC4)n3)CC2)C1. The number of nitriles is 1. The van der Waals surface area contributed by atoms with Gasteiger partial charge in [0.2, 0.25) is 5.91 Å². The van der Waals surface area contributed by atoms with Gasteiger partial charge in [0.25, 0.3) is 5.91 Å². The van der Waals surface area contributed by atoms with Crippen LogP contribution in [0.1, 0.15) is 69.2 Å². The minimum Gasteiger partial charge on any atom is -0.365 e. The van der Waals surface area contributed by atoms with E-state index in [1.165, 1.54) is 6.20 Å². The topological polar surface area (TPSA) is 126 Å². The van der Waals surface area contributed by atoms with E-state index in [0.29, 0.717) is 25.7 Å². The molecule has 9 nitrogen and oxygen atoms in total. The van der Waals surface area contributed by atoms with Crippen LogP contribution < -0.4 is 11.1 Å². The van der Waals surface area contributed by atoms with Crippen LogP contribution in [0.5, 0.6) is 0 Å². The standard InChI is InChI=1S/C23H31F3N6O3/c1-14(2)35-22(23(24,25)26)12-31(13-22)16-5-7-21(8-6-16,9-10-27)32-11-17(18(28)33)19(30-32)29-20(34)15-3-4-15/h11,14-16H,3-9,12-13H2,1-2H3,(H2,28,33)(H,29,30,34). The number of rotatable bonds is 8. The summed E-state index contributed by atoms with van der Waals surface area (Å²) in [6, 6.07) is 2.11. The second-order valence-corrected chi connectivity index (χ2v) is 10.3. The van der Waals surface area contributed by atoms with E-state index in [2.05, 4.69) is 16.5 Å². The lowest BCUT2D eigenvalue weighted by molar-refractivity contribution is -0.332. The monoisotopic (exact) mass is 496 g/mol. The molecule has 0 unspecified atom stereocenters. The number of hydrogen-bond donors (Lipinski definition) is 2. The van der Waals surface area contributed by atoms with Gasteiger partial charge >= 0.3 is 6.18 Å². The molecule has 2 saturated carbocycles. The predicted molar refractivity (Wildman–Crippen MR) is 119 cm³/mol. The van der Waals surface area contributed by atoms with Crippen molar-refractivity contribution < 1.29 is 27.5 Å². The number of nitrogens with two attached hydrogens (primary N) is 1. The fraction of sp³-hybridized carbons (Fsp3) is 0.739. The van der Waals surface area contributed by atoms with Gasteiger partial charge in [-0.1, -0.05) is 0 Å². The maximum Gasteiger partial charge on any atom is 0.419 e. The van der Waals surface area contributed by atoms with E-state index >= 15 is 0 Å². The van der Waals surface area contributed by atoms with E-state index in [0.717, 1.165) is 12.8 Å². The number of nitrogens with zero attached hydrogens (tertiary/aromatic N) is 4. The number of likely N-dealkylation sites (tertiary alicyclic amines) is 1. The summed E-state index contributed by atoms with van der Waals surface area (Å²) in [5.74, 6) is -0.968. The lowest BCUT2D eigenvalue weighted by Gasteiger charge is -2.55. The van der Waals surface area contributed by atoms with E-state index < -0.39 is 29.3 Å². The number of ether oxygens (including phenoxy) is 1. The Bertz CT molecular complexity index is 1010. The van der Waals surface area contributed by atoms with E-state index in [1.54, 1.807) is 23.4 Å². The molecule has 0 spiro atoms. The molecular formula is C23H31F3N6O3. The largest absolute Gasteiger partial charge is 0.419 e. The molecule has 0 aromatic carbocycles. The molecule has 2 heterocycles. The summed E-state index contributed by atoms with van der Waals surface area (Å²) in [6.45, 7) is 2.77. The molecule has 4 rings (SSSR count). The molecule has 1 saturated heterocycles. The van der Waals surface area contributed by atoms with Crippen molar-refractivity contribution in [2.75, 3.05) is 18.4 Å². The van der Waals surface area contributed by atoms with Crippen molar-refractivity contribution in [2.45, 2.75) is 88.3 Å². The second kappa shape index (κ2) is 9.09. The van der Waals surface area contributed by atoms with Crippen LogP contribution in [0.25, 0.3) is 0 Å². The Morgan fingerprint density at radius 1 is 1.29 bits per heavy atom. The number of nitrogens with one attached hydrogen (secondary N) is 1. The van der Waals surface area contributed by atoms with Crippen LogP contribution in [0, 0.1) is 17.2 Å². The molecule has 0 atom stereocenters. The third kappa shape index (κ3) is 4.89. The first-order valence-electron chi connectivity index (χ1n) is 12.0. The highest BCUT2D eigenvalue weighted by Gasteiger charge is 2.64. The number of anilines is 1. The highest BCUT2D eigenvalue weighted by molar-refractivity contribution is 6.02. The average Bonchev–Trinajstić information content (AvgIpc) is 3.50. The first-order valence-corrected chi connectivity index (χ1v) is 12.0. The number of alkyl halides is 3. The van der Waals surface area contributed by atoms with Crippen molar-refractivity contribution in [2.24, 2.45) is 11.7 Å². The van der Waals surface area contributed by atoms with Crippen molar-refractivity contribution in [3.8, 4) is 6.07 Å². The first-order chi connectivity index (χ1) is 16.4. The third-order valence-corrected chi connectivity index (χ3v) is 7.36. The molecule has 0 radical (unpaired) electrons. The van der Waals surface area contributed by atoms with Crippen LogP contribution in [0.4, 0.5) is 19.0 Å². The molecule has 1 aromatic rings. The Morgan fingerprint density at radius 3 is 2.40 bits per heavy atom. The molecule has 35 heavy (non-hydrogen) atoms. The van der Waals surface area contributed by atoms with Crippen LogP contribution in [0.3, 0.4) is 0 Å². The highest BCUT2D eigenvalue weighted by atomic mass is 19.4. The highest BCUT2D eigenvalue weighted by Crippen LogP contribution is 2.46. The van der Waals surface area contributed by atoms with Crippen molar-refractivity contribution in [3.63, 3.8) is 0 Å². The van der Waals surface area contributed by atoms with Gasteiger partial charge in [-0.15, -0.1) is 0 Å². The number of aromatic nitrogens is 2. The Balaban J connectivity index is 1.48. The predicted octanol–water partition coefficient (Wildman–Crippen LogP) is 2.92. The summed E-state index contributed by atoms with van der Waals surface area (Å²) in [5.41, 5.74) is 2.70. The van der Waals surface area contributed by atoms with Gasteiger partial charge in [-0.05, 0) is 52.4 Å². The van der Waals surface area contributed by atoms with Crippen molar-refractivity contribution >= 4 is 17.6 Å². The lowest BCUT2D eigenvalue weighted by Crippen LogP contribution is -2.73. The van der Waals surface area contributed by atoms with E-state index in [9.17, 15) is 28.0 Å². The first kappa shape index (κ1) is 25.4. The van der Waals surface area contributed by atoms with E-state index in [-0.39, 0.29) is 48.8 Å². The van der Waals surface area contributed by atoms with Gasteiger partial charge in [0.15, 0.2) is 11.4 Å². The fourth-order valence-electron chi connectivity index (χ4n) is 5.23. The normalized spacial score (nSPS) is 26.7. The Kier molecular flexibility index (Phi) is 6.61. The Morgan fingerprint density at radius 2 is 1.91 bits per heavy atom. The minimum atomic E-state index is -4.45. The van der Waals surface area contributed by atoms with Gasteiger partial charge in [-0.25, -0.2) is 0 Å². The van der Waals surface area contributed by atoms with Crippen LogP contribution >= 0.6 is 0 Å². The molecule has 3 fully saturated rings. The van der Waals surface area contributed by atoms with Gasteiger partial charge in [-0.3, -0.25) is 19.2 Å². The van der Waals surface area contributed by atoms with Crippen LogP contribution in [0.15, 0.2) is 6.20 Å². The molecule has 3 aliphatic rings. The second-order valence-electron chi connectivity index (χ2n) is 10.3. The minimum absolute atomic E-state index is 0.0713. The van der Waals surface area contributed by atoms with E-state index in [4.69, 9.17) is 10.5 Å². The van der Waals surface area contributed by atoms with Gasteiger partial charge in [0.1, 0.15) is 5.56 Å². The summed E-state index contributed by atoms with van der Waals surface area (Å²) in [7, 11) is 0. The van der Waals surface area contributed by atoms with Crippen molar-refractivity contribution in [1.29, 1.82) is 5.26 Å². The fourth-order valence-corrected chi connectivity index (χ4v) is 5.23. The number of primary amides is 1. The average molecular weight is 497 g/mol. The molecule has 0 bridgehead atoms. The van der Waals surface area contributed by atoms with Crippen molar-refractivity contribution in [3.05, 3.63) is 11.8 Å². The number of halogens is 3. The zero-order chi connectivity index (χ0) is 25.6. The maximum absolute atomic E-state index is 13.7. The summed E-state index contributed by atoms with van der Waals surface area (Å²) in [5, 5.41) is 16.6. The third-order valence-electron chi connectivity index (χ3n) is 7.36. The van der Waals surface area contributed by atoms with Gasteiger partial charge in [-0.2, -0.15) is 23.5 Å². The molecule has 2 aliphatic carbocycles. The molecule has 3 N–H and O–H groups in total. The van der Waals surface area contributed by atoms with Gasteiger partial charge in [0.05, 0.1) is 24.1 Å².